The topological polar surface area (TPSA) is 113 Å². The quantitative estimate of drug-likeness (QED) is 0.244. The number of unbranched alkanes of at least 4 members (excludes halogenated alkanes) is 2. The van der Waals surface area contributed by atoms with Crippen molar-refractivity contribution in [2.75, 3.05) is 13.7 Å². The highest BCUT2D eigenvalue weighted by atomic mass is 32.2. The molecule has 8 heteroatoms. The minimum atomic E-state index is -2.33. The van der Waals surface area contributed by atoms with Gasteiger partial charge in [0.25, 0.3) is 0 Å². The fourth-order valence-corrected chi connectivity index (χ4v) is 1.48. The first-order valence-corrected chi connectivity index (χ1v) is 6.44. The molecule has 0 aliphatic heterocycles. The van der Waals surface area contributed by atoms with E-state index in [1.807, 2.05) is 0 Å². The van der Waals surface area contributed by atoms with Gasteiger partial charge in [-0.3, -0.25) is 14.1 Å². The third-order valence-electron chi connectivity index (χ3n) is 1.99. The highest BCUT2D eigenvalue weighted by Crippen LogP contribution is 2.00. The summed E-state index contributed by atoms with van der Waals surface area (Å²) in [4.78, 5) is 21.5. The molecule has 0 bridgehead atoms. The van der Waals surface area contributed by atoms with Crippen molar-refractivity contribution >= 4 is 23.0 Å². The highest BCUT2D eigenvalue weighted by molar-refractivity contribution is 7.83. The van der Waals surface area contributed by atoms with Gasteiger partial charge in [-0.2, -0.15) is 0 Å². The van der Waals surface area contributed by atoms with Crippen LogP contribution < -0.4 is 5.32 Å². The molecule has 7 nitrogen and oxygen atoms in total. The van der Waals surface area contributed by atoms with E-state index in [1.54, 1.807) is 0 Å². The second-order valence-corrected chi connectivity index (χ2v) is 4.31. The average Bonchev–Trinajstić information content (AvgIpc) is 2.29. The number of hydrogen-bond acceptors (Lipinski definition) is 4. The molecule has 104 valence electrons. The molecule has 0 heterocycles. The number of carbonyl (C=O) groups is 2. The minimum absolute atomic E-state index is 0.116. The molecule has 0 aliphatic carbocycles. The molecule has 0 aromatic carbocycles. The van der Waals surface area contributed by atoms with Gasteiger partial charge in [0.1, 0.15) is 0 Å². The van der Waals surface area contributed by atoms with Gasteiger partial charge in [-0.25, -0.2) is 4.21 Å². The Balaban J connectivity index is 3.77. The number of carbonyl (C=O) groups excluding carboxylic acids is 1. The molecule has 0 aromatic heterocycles. The second kappa shape index (κ2) is 9.60. The fraction of sp³-hybridized carbons (Fsp3) is 0.600. The summed E-state index contributed by atoms with van der Waals surface area (Å²) in [6, 6.07) is 0. The predicted octanol–water partition coefficient (Wildman–Crippen LogP) is 0.457. The van der Waals surface area contributed by atoms with Crippen molar-refractivity contribution in [2.24, 2.45) is 0 Å². The number of aliphatic carboxylic acids is 1. The van der Waals surface area contributed by atoms with Gasteiger partial charge in [-0.15, -0.1) is 0 Å². The van der Waals surface area contributed by atoms with E-state index in [2.05, 4.69) is 10.1 Å². The Morgan fingerprint density at radius 2 is 2.00 bits per heavy atom. The van der Waals surface area contributed by atoms with Crippen LogP contribution in [0.25, 0.3) is 0 Å². The summed E-state index contributed by atoms with van der Waals surface area (Å²) >= 11 is -2.33. The van der Waals surface area contributed by atoms with Gasteiger partial charge < -0.3 is 15.2 Å². The van der Waals surface area contributed by atoms with Gasteiger partial charge in [-0.1, -0.05) is 6.42 Å². The van der Waals surface area contributed by atoms with E-state index in [1.165, 1.54) is 7.11 Å². The van der Waals surface area contributed by atoms with Crippen LogP contribution >= 0.6 is 0 Å². The van der Waals surface area contributed by atoms with Crippen LogP contribution in [0, 0.1) is 0 Å². The highest BCUT2D eigenvalue weighted by Gasteiger charge is 2.07. The maximum absolute atomic E-state index is 11.3. The van der Waals surface area contributed by atoms with Gasteiger partial charge in [0.15, 0.2) is 0 Å². The van der Waals surface area contributed by atoms with Gasteiger partial charge in [0.2, 0.25) is 22.1 Å². The van der Waals surface area contributed by atoms with Crippen molar-refractivity contribution in [1.82, 2.24) is 5.32 Å². The standard InChI is InChI=1S/C10H17NO6S/c1-17-10(18(15)16)7-8(12)11-6-4-2-3-5-9(13)14/h7H,2-6H2,1H3,(H,11,12)(H,13,14)(H,15,16)/b10-7-. The summed E-state index contributed by atoms with van der Waals surface area (Å²) < 4.78 is 23.9. The molecule has 1 unspecified atom stereocenters. The lowest BCUT2D eigenvalue weighted by Gasteiger charge is -2.03. The monoisotopic (exact) mass is 279 g/mol. The van der Waals surface area contributed by atoms with Crippen LogP contribution in [0.3, 0.4) is 0 Å². The van der Waals surface area contributed by atoms with Crippen LogP contribution in [0.5, 0.6) is 0 Å². The van der Waals surface area contributed by atoms with E-state index in [0.717, 1.165) is 6.08 Å². The van der Waals surface area contributed by atoms with Crippen LogP contribution in [-0.4, -0.2) is 39.4 Å². The maximum Gasteiger partial charge on any atom is 0.303 e. The molecule has 0 radical (unpaired) electrons. The molecular weight excluding hydrogens is 262 g/mol. The zero-order valence-corrected chi connectivity index (χ0v) is 10.9. The first kappa shape index (κ1) is 16.6. The Morgan fingerprint density at radius 1 is 1.33 bits per heavy atom. The predicted molar refractivity (Wildman–Crippen MR) is 65.0 cm³/mol. The van der Waals surface area contributed by atoms with Crippen molar-refractivity contribution < 1.29 is 28.2 Å². The number of carboxylic acid groups (broad SMARTS) is 1. The molecule has 0 saturated carbocycles. The molecule has 0 aliphatic rings. The molecule has 0 aromatic rings. The zero-order valence-electron chi connectivity index (χ0n) is 10.0. The SMILES string of the molecule is CO/C(=C/C(=O)NCCCCCC(=O)O)S(=O)O. The Labute approximate surface area is 107 Å². The second-order valence-electron chi connectivity index (χ2n) is 3.41. The van der Waals surface area contributed by atoms with Crippen molar-refractivity contribution in [3.05, 3.63) is 11.2 Å². The number of ether oxygens (including phenoxy) is 1. The van der Waals surface area contributed by atoms with Crippen LogP contribution in [-0.2, 0) is 25.4 Å². The molecule has 18 heavy (non-hydrogen) atoms. The minimum Gasteiger partial charge on any atom is -0.486 e. The summed E-state index contributed by atoms with van der Waals surface area (Å²) in [6.07, 6.45) is 2.93. The first-order chi connectivity index (χ1) is 8.47. The Kier molecular flexibility index (Phi) is 8.85. The Hall–Kier alpha value is -1.41. The summed E-state index contributed by atoms with van der Waals surface area (Å²) in [5.74, 6) is -1.36. The number of nitrogens with one attached hydrogen (secondary N) is 1. The third-order valence-corrected chi connectivity index (χ3v) is 2.62. The zero-order chi connectivity index (χ0) is 14.0. The molecule has 1 atom stereocenters. The number of carboxylic acids is 1. The molecule has 0 spiro atoms. The normalized spacial score (nSPS) is 12.9. The number of hydrogen-bond donors (Lipinski definition) is 3. The van der Waals surface area contributed by atoms with Gasteiger partial charge in [0, 0.05) is 13.0 Å². The van der Waals surface area contributed by atoms with Crippen LogP contribution in [0.4, 0.5) is 0 Å². The molecule has 3 N–H and O–H groups in total. The van der Waals surface area contributed by atoms with E-state index in [0.29, 0.717) is 25.8 Å². The number of methoxy groups -OCH3 is 1. The summed E-state index contributed by atoms with van der Waals surface area (Å²) in [6.45, 7) is 0.379. The third kappa shape index (κ3) is 8.71. The molecule has 0 fully saturated rings. The van der Waals surface area contributed by atoms with Crippen molar-refractivity contribution in [1.29, 1.82) is 0 Å². The molecular formula is C10H17NO6S. The van der Waals surface area contributed by atoms with E-state index < -0.39 is 23.0 Å². The lowest BCUT2D eigenvalue weighted by atomic mass is 10.2. The van der Waals surface area contributed by atoms with Gasteiger partial charge in [-0.05, 0) is 12.8 Å². The van der Waals surface area contributed by atoms with Crippen LogP contribution in [0.2, 0.25) is 0 Å². The number of rotatable bonds is 9. The van der Waals surface area contributed by atoms with E-state index in [4.69, 9.17) is 9.66 Å². The van der Waals surface area contributed by atoms with Crippen LogP contribution in [0.1, 0.15) is 25.7 Å². The fourth-order valence-electron chi connectivity index (χ4n) is 1.13. The van der Waals surface area contributed by atoms with Crippen molar-refractivity contribution in [2.45, 2.75) is 25.7 Å². The summed E-state index contributed by atoms with van der Waals surface area (Å²) in [5, 5.41) is 10.6. The van der Waals surface area contributed by atoms with Crippen molar-refractivity contribution in [3.8, 4) is 0 Å². The van der Waals surface area contributed by atoms with Crippen molar-refractivity contribution in [3.63, 3.8) is 0 Å². The number of amides is 1. The van der Waals surface area contributed by atoms with Gasteiger partial charge in [0.05, 0.1) is 13.2 Å². The van der Waals surface area contributed by atoms with E-state index >= 15 is 0 Å². The Bertz CT molecular complexity index is 341. The maximum atomic E-state index is 11.3. The van der Waals surface area contributed by atoms with Gasteiger partial charge >= 0.3 is 5.97 Å². The van der Waals surface area contributed by atoms with E-state index in [-0.39, 0.29) is 11.5 Å². The molecule has 0 rings (SSSR count). The Morgan fingerprint density at radius 3 is 2.50 bits per heavy atom. The molecule has 1 amide bonds. The average molecular weight is 279 g/mol. The molecule has 0 saturated heterocycles. The van der Waals surface area contributed by atoms with E-state index in [9.17, 15) is 13.8 Å². The summed E-state index contributed by atoms with van der Waals surface area (Å²) in [7, 11) is 1.19. The first-order valence-electron chi connectivity index (χ1n) is 5.33. The van der Waals surface area contributed by atoms with Crippen LogP contribution in [0.15, 0.2) is 11.2 Å². The smallest absolute Gasteiger partial charge is 0.303 e. The lowest BCUT2D eigenvalue weighted by molar-refractivity contribution is -0.137. The summed E-state index contributed by atoms with van der Waals surface area (Å²) in [5.41, 5.74) is 0. The largest absolute Gasteiger partial charge is 0.486 e. The lowest BCUT2D eigenvalue weighted by Crippen LogP contribution is -2.23.